The number of aromatic nitrogens is 2. The quantitative estimate of drug-likeness (QED) is 0.680. The van der Waals surface area contributed by atoms with Crippen molar-refractivity contribution in [3.8, 4) is 0 Å². The van der Waals surface area contributed by atoms with Gasteiger partial charge in [0.15, 0.2) is 0 Å². The highest BCUT2D eigenvalue weighted by Crippen LogP contribution is 2.23. The summed E-state index contributed by atoms with van der Waals surface area (Å²) in [4.78, 5) is 0. The van der Waals surface area contributed by atoms with Crippen LogP contribution in [0.3, 0.4) is 0 Å². The van der Waals surface area contributed by atoms with E-state index in [0.717, 1.165) is 13.0 Å². The molecular formula is C15H29N3. The topological polar surface area (TPSA) is 29.9 Å². The van der Waals surface area contributed by atoms with E-state index in [2.05, 4.69) is 37.4 Å². The summed E-state index contributed by atoms with van der Waals surface area (Å²) in [5.41, 5.74) is 2.66. The Morgan fingerprint density at radius 2 is 2.00 bits per heavy atom. The van der Waals surface area contributed by atoms with Gasteiger partial charge in [-0.2, -0.15) is 5.10 Å². The second-order valence-electron chi connectivity index (χ2n) is 5.06. The average molecular weight is 251 g/mol. The molecule has 104 valence electrons. The first-order valence-electron chi connectivity index (χ1n) is 7.48. The molecule has 0 saturated carbocycles. The van der Waals surface area contributed by atoms with Crippen LogP contribution in [0.1, 0.15) is 70.2 Å². The average Bonchev–Trinajstić information content (AvgIpc) is 2.75. The van der Waals surface area contributed by atoms with Crippen molar-refractivity contribution < 1.29 is 0 Å². The maximum Gasteiger partial charge on any atom is 0.0669 e. The monoisotopic (exact) mass is 251 g/mol. The smallest absolute Gasteiger partial charge is 0.0669 e. The number of hydrogen-bond donors (Lipinski definition) is 1. The first-order chi connectivity index (χ1) is 8.72. The van der Waals surface area contributed by atoms with Gasteiger partial charge in [0.2, 0.25) is 0 Å². The molecule has 0 saturated heterocycles. The molecule has 1 rings (SSSR count). The van der Waals surface area contributed by atoms with Crippen LogP contribution in [-0.4, -0.2) is 16.3 Å². The van der Waals surface area contributed by atoms with Crippen LogP contribution >= 0.6 is 0 Å². The lowest BCUT2D eigenvalue weighted by molar-refractivity contribution is 0.472. The molecule has 0 amide bonds. The SMILES string of the molecule is CCCCCC(NCCC)c1cn(C)nc1CC. The minimum atomic E-state index is 0.486. The Morgan fingerprint density at radius 3 is 2.61 bits per heavy atom. The van der Waals surface area contributed by atoms with Crippen LogP contribution in [0.2, 0.25) is 0 Å². The standard InChI is InChI=1S/C15H29N3/c1-5-8-9-10-15(16-11-6-2)13-12-18(4)17-14(13)7-3/h12,15-16H,5-11H2,1-4H3. The van der Waals surface area contributed by atoms with E-state index >= 15 is 0 Å². The van der Waals surface area contributed by atoms with Gasteiger partial charge in [-0.25, -0.2) is 0 Å². The van der Waals surface area contributed by atoms with Crippen LogP contribution < -0.4 is 5.32 Å². The van der Waals surface area contributed by atoms with Crippen LogP contribution in [0.4, 0.5) is 0 Å². The van der Waals surface area contributed by atoms with Crippen molar-refractivity contribution in [1.82, 2.24) is 15.1 Å². The Kier molecular flexibility index (Phi) is 7.02. The van der Waals surface area contributed by atoms with Gasteiger partial charge < -0.3 is 5.32 Å². The summed E-state index contributed by atoms with van der Waals surface area (Å²) in [6.07, 6.45) is 9.54. The van der Waals surface area contributed by atoms with Gasteiger partial charge in [-0.05, 0) is 25.8 Å². The van der Waals surface area contributed by atoms with E-state index < -0.39 is 0 Å². The van der Waals surface area contributed by atoms with E-state index in [0.29, 0.717) is 6.04 Å². The maximum absolute atomic E-state index is 4.56. The lowest BCUT2D eigenvalue weighted by Gasteiger charge is -2.18. The molecule has 18 heavy (non-hydrogen) atoms. The summed E-state index contributed by atoms with van der Waals surface area (Å²) < 4.78 is 1.95. The third-order valence-electron chi connectivity index (χ3n) is 3.38. The zero-order valence-corrected chi connectivity index (χ0v) is 12.5. The molecule has 0 aliphatic rings. The molecule has 1 N–H and O–H groups in total. The molecule has 1 unspecified atom stereocenters. The van der Waals surface area contributed by atoms with E-state index in [4.69, 9.17) is 0 Å². The molecular weight excluding hydrogens is 222 g/mol. The summed E-state index contributed by atoms with van der Waals surface area (Å²) in [6, 6.07) is 0.486. The molecule has 1 atom stereocenters. The summed E-state index contributed by atoms with van der Waals surface area (Å²) in [7, 11) is 2.02. The molecule has 1 heterocycles. The maximum atomic E-state index is 4.56. The fourth-order valence-corrected chi connectivity index (χ4v) is 2.40. The highest BCUT2D eigenvalue weighted by atomic mass is 15.3. The number of unbranched alkanes of at least 4 members (excludes halogenated alkanes) is 2. The lowest BCUT2D eigenvalue weighted by Crippen LogP contribution is -2.22. The Balaban J connectivity index is 2.72. The Hall–Kier alpha value is -0.830. The fourth-order valence-electron chi connectivity index (χ4n) is 2.40. The summed E-state index contributed by atoms with van der Waals surface area (Å²) >= 11 is 0. The predicted molar refractivity (Wildman–Crippen MR) is 77.8 cm³/mol. The third-order valence-corrected chi connectivity index (χ3v) is 3.38. The van der Waals surface area contributed by atoms with Gasteiger partial charge in [0.1, 0.15) is 0 Å². The highest BCUT2D eigenvalue weighted by molar-refractivity contribution is 5.21. The molecule has 0 spiro atoms. The van der Waals surface area contributed by atoms with Crippen LogP contribution in [0.15, 0.2) is 6.20 Å². The van der Waals surface area contributed by atoms with E-state index in [1.807, 2.05) is 11.7 Å². The van der Waals surface area contributed by atoms with E-state index in [9.17, 15) is 0 Å². The molecule has 0 radical (unpaired) electrons. The normalized spacial score (nSPS) is 12.9. The molecule has 1 aromatic heterocycles. The molecule has 0 aliphatic heterocycles. The van der Waals surface area contributed by atoms with Crippen molar-refractivity contribution in [3.63, 3.8) is 0 Å². The molecule has 0 aromatic carbocycles. The van der Waals surface area contributed by atoms with Gasteiger partial charge in [0.25, 0.3) is 0 Å². The largest absolute Gasteiger partial charge is 0.310 e. The zero-order chi connectivity index (χ0) is 13.4. The van der Waals surface area contributed by atoms with Crippen LogP contribution in [0, 0.1) is 0 Å². The first kappa shape index (κ1) is 15.2. The van der Waals surface area contributed by atoms with Crippen LogP contribution in [0.25, 0.3) is 0 Å². The second kappa shape index (κ2) is 8.30. The molecule has 3 nitrogen and oxygen atoms in total. The number of hydrogen-bond acceptors (Lipinski definition) is 2. The summed E-state index contributed by atoms with van der Waals surface area (Å²) in [6.45, 7) is 7.76. The number of rotatable bonds is 9. The minimum Gasteiger partial charge on any atom is -0.310 e. The van der Waals surface area contributed by atoms with Gasteiger partial charge in [-0.15, -0.1) is 0 Å². The van der Waals surface area contributed by atoms with E-state index in [-0.39, 0.29) is 0 Å². The van der Waals surface area contributed by atoms with Gasteiger partial charge in [0.05, 0.1) is 5.69 Å². The van der Waals surface area contributed by atoms with Gasteiger partial charge in [0, 0.05) is 24.8 Å². The fraction of sp³-hybridized carbons (Fsp3) is 0.800. The molecule has 1 aromatic rings. The highest BCUT2D eigenvalue weighted by Gasteiger charge is 2.16. The van der Waals surface area contributed by atoms with Gasteiger partial charge >= 0.3 is 0 Å². The van der Waals surface area contributed by atoms with Gasteiger partial charge in [-0.1, -0.05) is 40.0 Å². The van der Waals surface area contributed by atoms with Crippen molar-refractivity contribution in [2.24, 2.45) is 7.05 Å². The zero-order valence-electron chi connectivity index (χ0n) is 12.5. The van der Waals surface area contributed by atoms with E-state index in [1.54, 1.807) is 0 Å². The summed E-state index contributed by atoms with van der Waals surface area (Å²) in [5.74, 6) is 0. The Bertz CT molecular complexity index is 330. The van der Waals surface area contributed by atoms with Crippen molar-refractivity contribution in [2.75, 3.05) is 6.54 Å². The third kappa shape index (κ3) is 4.45. The van der Waals surface area contributed by atoms with Crippen LogP contribution in [0.5, 0.6) is 0 Å². The molecule has 0 fully saturated rings. The van der Waals surface area contributed by atoms with Gasteiger partial charge in [-0.3, -0.25) is 4.68 Å². The first-order valence-corrected chi connectivity index (χ1v) is 7.48. The molecule has 3 heteroatoms. The van der Waals surface area contributed by atoms with Crippen molar-refractivity contribution in [1.29, 1.82) is 0 Å². The molecule has 0 bridgehead atoms. The lowest BCUT2D eigenvalue weighted by atomic mass is 10.00. The van der Waals surface area contributed by atoms with E-state index in [1.165, 1.54) is 43.4 Å². The Morgan fingerprint density at radius 1 is 1.22 bits per heavy atom. The predicted octanol–water partition coefficient (Wildman–Crippen LogP) is 3.60. The minimum absolute atomic E-state index is 0.486. The second-order valence-corrected chi connectivity index (χ2v) is 5.06. The van der Waals surface area contributed by atoms with Crippen LogP contribution in [-0.2, 0) is 13.5 Å². The Labute approximate surface area is 112 Å². The van der Waals surface area contributed by atoms with Crippen molar-refractivity contribution in [3.05, 3.63) is 17.5 Å². The number of nitrogens with one attached hydrogen (secondary N) is 1. The summed E-state index contributed by atoms with van der Waals surface area (Å²) in [5, 5.41) is 8.24. The van der Waals surface area contributed by atoms with Crippen molar-refractivity contribution >= 4 is 0 Å². The molecule has 0 aliphatic carbocycles. The number of nitrogens with zero attached hydrogens (tertiary/aromatic N) is 2. The number of aryl methyl sites for hydroxylation is 2. The van der Waals surface area contributed by atoms with Crippen molar-refractivity contribution in [2.45, 2.75) is 65.3 Å².